The maximum absolute atomic E-state index is 13.4. The number of ether oxygens (including phenoxy) is 2. The van der Waals surface area contributed by atoms with Gasteiger partial charge in [-0.15, -0.1) is 0 Å². The van der Waals surface area contributed by atoms with E-state index in [1.54, 1.807) is 6.07 Å². The van der Waals surface area contributed by atoms with E-state index in [4.69, 9.17) is 15.2 Å². The third kappa shape index (κ3) is 2.85. The molecule has 0 spiro atoms. The van der Waals surface area contributed by atoms with Gasteiger partial charge >= 0.3 is 0 Å². The Labute approximate surface area is 123 Å². The highest BCUT2D eigenvalue weighted by atomic mass is 19.1. The number of fused-ring (bicyclic) bond motifs is 1. The van der Waals surface area contributed by atoms with Crippen LogP contribution in [0.4, 0.5) is 4.39 Å². The molecule has 0 saturated heterocycles. The molecule has 21 heavy (non-hydrogen) atoms. The summed E-state index contributed by atoms with van der Waals surface area (Å²) in [4.78, 5) is 0. The molecule has 2 N–H and O–H groups in total. The van der Waals surface area contributed by atoms with Gasteiger partial charge in [-0.1, -0.05) is 18.2 Å². The van der Waals surface area contributed by atoms with Gasteiger partial charge in [0.25, 0.3) is 0 Å². The molecule has 0 fully saturated rings. The summed E-state index contributed by atoms with van der Waals surface area (Å²) in [6.45, 7) is 2.58. The van der Waals surface area contributed by atoms with Crippen molar-refractivity contribution in [2.45, 2.75) is 25.5 Å². The summed E-state index contributed by atoms with van der Waals surface area (Å²) in [5.74, 6) is 1.05. The van der Waals surface area contributed by atoms with Crippen molar-refractivity contribution in [3.63, 3.8) is 0 Å². The van der Waals surface area contributed by atoms with E-state index in [1.807, 2.05) is 31.2 Å². The fourth-order valence-electron chi connectivity index (χ4n) is 2.63. The molecule has 0 radical (unpaired) electrons. The van der Waals surface area contributed by atoms with Crippen molar-refractivity contribution in [3.05, 3.63) is 59.4 Å². The van der Waals surface area contributed by atoms with E-state index in [9.17, 15) is 4.39 Å². The van der Waals surface area contributed by atoms with Crippen LogP contribution in [0.2, 0.25) is 0 Å². The van der Waals surface area contributed by atoms with Crippen LogP contribution >= 0.6 is 0 Å². The number of hydrogen-bond donors (Lipinski definition) is 1. The molecule has 0 amide bonds. The number of halogens is 1. The Morgan fingerprint density at radius 1 is 1.24 bits per heavy atom. The molecular weight excluding hydrogens is 269 g/mol. The van der Waals surface area contributed by atoms with E-state index in [0.717, 1.165) is 16.9 Å². The van der Waals surface area contributed by atoms with E-state index in [2.05, 4.69) is 0 Å². The number of rotatable bonds is 3. The summed E-state index contributed by atoms with van der Waals surface area (Å²) in [7, 11) is 0. The Morgan fingerprint density at radius 2 is 2.00 bits per heavy atom. The van der Waals surface area contributed by atoms with Gasteiger partial charge in [-0.05, 0) is 30.7 Å². The van der Waals surface area contributed by atoms with Gasteiger partial charge in [0, 0.05) is 24.1 Å². The van der Waals surface area contributed by atoms with Crippen LogP contribution in [0, 0.1) is 5.82 Å². The Balaban J connectivity index is 1.84. The molecule has 2 aromatic rings. The Morgan fingerprint density at radius 3 is 2.71 bits per heavy atom. The largest absolute Gasteiger partial charge is 0.494 e. The molecule has 3 nitrogen and oxygen atoms in total. The van der Waals surface area contributed by atoms with Gasteiger partial charge < -0.3 is 15.2 Å². The lowest BCUT2D eigenvalue weighted by Crippen LogP contribution is -2.24. The van der Waals surface area contributed by atoms with Crippen molar-refractivity contribution in [1.82, 2.24) is 0 Å². The normalized spacial score (nSPS) is 20.5. The van der Waals surface area contributed by atoms with Gasteiger partial charge in [0.05, 0.1) is 6.61 Å². The predicted molar refractivity (Wildman–Crippen MR) is 78.9 cm³/mol. The zero-order chi connectivity index (χ0) is 14.8. The van der Waals surface area contributed by atoms with Crippen molar-refractivity contribution >= 4 is 0 Å². The second-order valence-electron chi connectivity index (χ2n) is 5.13. The minimum Gasteiger partial charge on any atom is -0.494 e. The van der Waals surface area contributed by atoms with E-state index in [-0.39, 0.29) is 18.0 Å². The molecule has 2 aromatic carbocycles. The SMILES string of the molecule is CCOc1ccc(C2C[C@H](N)c3ccc(F)cc3O2)cc1. The summed E-state index contributed by atoms with van der Waals surface area (Å²) >= 11 is 0. The van der Waals surface area contributed by atoms with Gasteiger partial charge in [0.15, 0.2) is 0 Å². The standard InChI is InChI=1S/C17H18FNO2/c1-2-20-13-6-3-11(4-7-13)16-10-15(19)14-8-5-12(18)9-17(14)21-16/h3-9,15-16H,2,10,19H2,1H3/t15-,16?/m0/s1. The molecule has 0 aliphatic carbocycles. The van der Waals surface area contributed by atoms with Crippen LogP contribution in [-0.4, -0.2) is 6.61 Å². The summed E-state index contributed by atoms with van der Waals surface area (Å²) in [6, 6.07) is 12.1. The van der Waals surface area contributed by atoms with Gasteiger partial charge in [0.2, 0.25) is 0 Å². The third-order valence-corrected chi connectivity index (χ3v) is 3.68. The molecule has 0 saturated carbocycles. The van der Waals surface area contributed by atoms with Crippen molar-refractivity contribution < 1.29 is 13.9 Å². The van der Waals surface area contributed by atoms with Crippen LogP contribution in [0.15, 0.2) is 42.5 Å². The monoisotopic (exact) mass is 287 g/mol. The van der Waals surface area contributed by atoms with E-state index in [1.165, 1.54) is 12.1 Å². The van der Waals surface area contributed by atoms with Crippen LogP contribution < -0.4 is 15.2 Å². The second-order valence-corrected chi connectivity index (χ2v) is 5.13. The average molecular weight is 287 g/mol. The van der Waals surface area contributed by atoms with E-state index < -0.39 is 0 Å². The van der Waals surface area contributed by atoms with Gasteiger partial charge in [-0.25, -0.2) is 4.39 Å². The first-order valence-electron chi connectivity index (χ1n) is 7.12. The van der Waals surface area contributed by atoms with Gasteiger partial charge in [-0.3, -0.25) is 0 Å². The summed E-state index contributed by atoms with van der Waals surface area (Å²) in [6.07, 6.45) is 0.511. The number of hydrogen-bond acceptors (Lipinski definition) is 3. The molecule has 2 atom stereocenters. The molecule has 1 aliphatic heterocycles. The van der Waals surface area contributed by atoms with Crippen LogP contribution in [0.25, 0.3) is 0 Å². The first-order valence-corrected chi connectivity index (χ1v) is 7.12. The maximum atomic E-state index is 13.4. The predicted octanol–water partition coefficient (Wildman–Crippen LogP) is 3.75. The molecule has 1 unspecified atom stereocenters. The Kier molecular flexibility index (Phi) is 3.80. The lowest BCUT2D eigenvalue weighted by molar-refractivity contribution is 0.160. The van der Waals surface area contributed by atoms with Crippen LogP contribution in [0.1, 0.15) is 36.6 Å². The summed E-state index contributed by atoms with van der Waals surface area (Å²) < 4.78 is 24.7. The summed E-state index contributed by atoms with van der Waals surface area (Å²) in [5.41, 5.74) is 8.05. The lowest BCUT2D eigenvalue weighted by atomic mass is 9.93. The highest BCUT2D eigenvalue weighted by Gasteiger charge is 2.27. The summed E-state index contributed by atoms with van der Waals surface area (Å²) in [5, 5.41) is 0. The minimum absolute atomic E-state index is 0.147. The highest BCUT2D eigenvalue weighted by molar-refractivity contribution is 5.40. The molecule has 3 rings (SSSR count). The molecular formula is C17H18FNO2. The van der Waals surface area contributed by atoms with Crippen LogP contribution in [0.5, 0.6) is 11.5 Å². The van der Waals surface area contributed by atoms with Gasteiger partial charge in [-0.2, -0.15) is 0 Å². The Hall–Kier alpha value is -2.07. The zero-order valence-corrected chi connectivity index (χ0v) is 11.9. The highest BCUT2D eigenvalue weighted by Crippen LogP contribution is 2.40. The lowest BCUT2D eigenvalue weighted by Gasteiger charge is -2.30. The fourth-order valence-corrected chi connectivity index (χ4v) is 2.63. The average Bonchev–Trinajstić information content (AvgIpc) is 2.48. The molecule has 0 aromatic heterocycles. The van der Waals surface area contributed by atoms with E-state index in [0.29, 0.717) is 18.8 Å². The van der Waals surface area contributed by atoms with Crippen molar-refractivity contribution in [2.75, 3.05) is 6.61 Å². The fraction of sp³-hybridized carbons (Fsp3) is 0.294. The maximum Gasteiger partial charge on any atom is 0.127 e. The topological polar surface area (TPSA) is 44.5 Å². The third-order valence-electron chi connectivity index (χ3n) is 3.68. The quantitative estimate of drug-likeness (QED) is 0.935. The molecule has 0 bridgehead atoms. The molecule has 4 heteroatoms. The van der Waals surface area contributed by atoms with E-state index >= 15 is 0 Å². The van der Waals surface area contributed by atoms with Crippen molar-refractivity contribution in [2.24, 2.45) is 5.73 Å². The van der Waals surface area contributed by atoms with Crippen LogP contribution in [-0.2, 0) is 0 Å². The molecule has 1 aliphatic rings. The van der Waals surface area contributed by atoms with Crippen molar-refractivity contribution in [3.8, 4) is 11.5 Å². The first-order chi connectivity index (χ1) is 10.2. The van der Waals surface area contributed by atoms with Crippen molar-refractivity contribution in [1.29, 1.82) is 0 Å². The van der Waals surface area contributed by atoms with Crippen LogP contribution in [0.3, 0.4) is 0 Å². The first kappa shape index (κ1) is 13.9. The minimum atomic E-state index is -0.312. The Bertz CT molecular complexity index is 627. The number of benzene rings is 2. The van der Waals surface area contributed by atoms with Gasteiger partial charge in [0.1, 0.15) is 23.4 Å². The molecule has 1 heterocycles. The zero-order valence-electron chi connectivity index (χ0n) is 11.9. The second kappa shape index (κ2) is 5.74. The number of nitrogens with two attached hydrogens (primary N) is 1. The smallest absolute Gasteiger partial charge is 0.127 e. The molecule has 110 valence electrons.